The maximum atomic E-state index is 10.2. The lowest BCUT2D eigenvalue weighted by Crippen LogP contribution is -2.63. The Hall–Kier alpha value is -0.280. The van der Waals surface area contributed by atoms with Gasteiger partial charge in [0.25, 0.3) is 0 Å². The first kappa shape index (κ1) is 17.1. The minimum atomic E-state index is -1.06. The Morgan fingerprint density at radius 1 is 1.00 bits per heavy atom. The predicted molar refractivity (Wildman–Crippen MR) is 74.4 cm³/mol. The quantitative estimate of drug-likeness (QED) is 0.523. The molecule has 124 valence electrons. The highest BCUT2D eigenvalue weighted by Gasteiger charge is 2.47. The lowest BCUT2D eigenvalue weighted by Gasteiger charge is -2.46. The second-order valence-electron chi connectivity index (χ2n) is 6.55. The number of aliphatic hydroxyl groups excluding tert-OH is 3. The zero-order valence-electron chi connectivity index (χ0n) is 13.0. The van der Waals surface area contributed by atoms with Gasteiger partial charge in [-0.05, 0) is 27.7 Å². The Balaban J connectivity index is 2.04. The molecule has 21 heavy (non-hydrogen) atoms. The third-order valence-corrected chi connectivity index (χ3v) is 4.46. The second-order valence-corrected chi connectivity index (χ2v) is 6.55. The van der Waals surface area contributed by atoms with Crippen molar-refractivity contribution in [1.29, 1.82) is 0 Å². The average molecular weight is 305 g/mol. The van der Waals surface area contributed by atoms with Gasteiger partial charge in [-0.3, -0.25) is 0 Å². The molecular weight excluding hydrogens is 278 g/mol. The highest BCUT2D eigenvalue weighted by Crippen LogP contribution is 2.31. The molecule has 6 unspecified atom stereocenters. The summed E-state index contributed by atoms with van der Waals surface area (Å²) in [6, 6.07) is 0. The molecule has 0 aromatic heterocycles. The molecule has 2 rings (SSSR count). The van der Waals surface area contributed by atoms with Gasteiger partial charge in [0.2, 0.25) is 0 Å². The summed E-state index contributed by atoms with van der Waals surface area (Å²) >= 11 is 0. The van der Waals surface area contributed by atoms with Gasteiger partial charge in [0.05, 0.1) is 24.4 Å². The minimum Gasteiger partial charge on any atom is -0.389 e. The largest absolute Gasteiger partial charge is 0.389 e. The minimum absolute atomic E-state index is 0.292. The molecule has 0 amide bonds. The fourth-order valence-electron chi connectivity index (χ4n) is 3.07. The van der Waals surface area contributed by atoms with Gasteiger partial charge < -0.3 is 35.3 Å². The van der Waals surface area contributed by atoms with Crippen molar-refractivity contribution in [3.05, 3.63) is 0 Å². The molecule has 0 bridgehead atoms. The normalized spacial score (nSPS) is 55.4. The van der Waals surface area contributed by atoms with E-state index < -0.39 is 48.5 Å². The van der Waals surface area contributed by atoms with Crippen LogP contribution in [0.15, 0.2) is 0 Å². The van der Waals surface area contributed by atoms with Crippen molar-refractivity contribution < 1.29 is 29.5 Å². The number of nitrogens with two attached hydrogens (primary N) is 1. The van der Waals surface area contributed by atoms with E-state index in [9.17, 15) is 15.3 Å². The SMILES string of the molecule is CC1OC(C)C(O[C@@H]2CC(C)(N)[C@H](O)C(C)O2)[C@@H](O)C1O. The summed E-state index contributed by atoms with van der Waals surface area (Å²) in [4.78, 5) is 0. The third-order valence-electron chi connectivity index (χ3n) is 4.46. The molecule has 2 aliphatic rings. The van der Waals surface area contributed by atoms with Crippen molar-refractivity contribution in [3.63, 3.8) is 0 Å². The van der Waals surface area contributed by atoms with Crippen molar-refractivity contribution in [2.45, 2.75) is 88.7 Å². The Bertz CT molecular complexity index is 365. The van der Waals surface area contributed by atoms with Crippen LogP contribution < -0.4 is 5.73 Å². The molecular formula is C14H27NO6. The third kappa shape index (κ3) is 3.39. The van der Waals surface area contributed by atoms with Crippen LogP contribution in [0.4, 0.5) is 0 Å². The van der Waals surface area contributed by atoms with Gasteiger partial charge in [-0.15, -0.1) is 0 Å². The monoisotopic (exact) mass is 305 g/mol. The van der Waals surface area contributed by atoms with E-state index in [-0.39, 0.29) is 6.10 Å². The van der Waals surface area contributed by atoms with Crippen molar-refractivity contribution in [3.8, 4) is 0 Å². The number of ether oxygens (including phenoxy) is 3. The van der Waals surface area contributed by atoms with Crippen LogP contribution in [-0.2, 0) is 14.2 Å². The van der Waals surface area contributed by atoms with E-state index in [0.717, 1.165) is 0 Å². The zero-order valence-corrected chi connectivity index (χ0v) is 13.0. The summed E-state index contributed by atoms with van der Waals surface area (Å²) < 4.78 is 16.9. The molecule has 2 saturated heterocycles. The molecule has 7 heteroatoms. The van der Waals surface area contributed by atoms with Gasteiger partial charge in [0.15, 0.2) is 6.29 Å². The van der Waals surface area contributed by atoms with Crippen molar-refractivity contribution in [2.24, 2.45) is 5.73 Å². The van der Waals surface area contributed by atoms with Crippen LogP contribution in [0.5, 0.6) is 0 Å². The van der Waals surface area contributed by atoms with Crippen LogP contribution in [-0.4, -0.2) is 69.9 Å². The molecule has 2 heterocycles. The highest BCUT2D eigenvalue weighted by atomic mass is 16.7. The van der Waals surface area contributed by atoms with Crippen molar-refractivity contribution in [2.75, 3.05) is 0 Å². The molecule has 0 saturated carbocycles. The summed E-state index contributed by atoms with van der Waals surface area (Å²) in [5.41, 5.74) is 5.24. The molecule has 0 aromatic carbocycles. The molecule has 0 aromatic rings. The summed E-state index contributed by atoms with van der Waals surface area (Å²) in [6.07, 6.45) is -5.24. The van der Waals surface area contributed by atoms with Gasteiger partial charge in [-0.25, -0.2) is 0 Å². The van der Waals surface area contributed by atoms with E-state index in [4.69, 9.17) is 19.9 Å². The highest BCUT2D eigenvalue weighted by molar-refractivity contribution is 4.96. The van der Waals surface area contributed by atoms with E-state index in [2.05, 4.69) is 0 Å². The summed E-state index contributed by atoms with van der Waals surface area (Å²) in [5, 5.41) is 30.1. The summed E-state index contributed by atoms with van der Waals surface area (Å²) in [5.74, 6) is 0. The van der Waals surface area contributed by atoms with Crippen LogP contribution in [0, 0.1) is 0 Å². The molecule has 0 radical (unpaired) electrons. The number of rotatable bonds is 2. The standard InChI is InChI=1S/C14H27NO6/c1-6-10(16)11(17)12(7(2)19-6)21-9-5-14(4,15)13(18)8(3)20-9/h6-13,16-18H,5,15H2,1-4H3/t6?,7?,8?,9-,10?,11+,12?,13-,14?/m1/s1. The van der Waals surface area contributed by atoms with Crippen LogP contribution in [0.25, 0.3) is 0 Å². The zero-order chi connectivity index (χ0) is 15.9. The molecule has 0 aliphatic carbocycles. The molecule has 5 N–H and O–H groups in total. The molecule has 0 spiro atoms. The first-order valence-electron chi connectivity index (χ1n) is 7.43. The van der Waals surface area contributed by atoms with Gasteiger partial charge >= 0.3 is 0 Å². The fraction of sp³-hybridized carbons (Fsp3) is 1.00. The smallest absolute Gasteiger partial charge is 0.160 e. The first-order valence-corrected chi connectivity index (χ1v) is 7.43. The van der Waals surface area contributed by atoms with E-state index >= 15 is 0 Å². The lowest BCUT2D eigenvalue weighted by atomic mass is 9.86. The summed E-state index contributed by atoms with van der Waals surface area (Å²) in [6.45, 7) is 6.94. The predicted octanol–water partition coefficient (Wildman–Crippen LogP) is -0.886. The van der Waals surface area contributed by atoms with Crippen molar-refractivity contribution in [1.82, 2.24) is 0 Å². The fourth-order valence-corrected chi connectivity index (χ4v) is 3.07. The van der Waals surface area contributed by atoms with E-state index in [1.54, 1.807) is 27.7 Å². The second kappa shape index (κ2) is 6.08. The molecule has 9 atom stereocenters. The summed E-state index contributed by atoms with van der Waals surface area (Å²) in [7, 11) is 0. The Morgan fingerprint density at radius 2 is 1.62 bits per heavy atom. The van der Waals surface area contributed by atoms with Gasteiger partial charge in [-0.1, -0.05) is 0 Å². The number of hydrogen-bond acceptors (Lipinski definition) is 7. The van der Waals surface area contributed by atoms with Gasteiger partial charge in [0.1, 0.15) is 18.3 Å². The van der Waals surface area contributed by atoms with E-state index in [1.807, 2.05) is 0 Å². The maximum Gasteiger partial charge on any atom is 0.160 e. The average Bonchev–Trinajstić information content (AvgIpc) is 2.38. The Labute approximate surface area is 125 Å². The first-order chi connectivity index (χ1) is 9.63. The van der Waals surface area contributed by atoms with Crippen LogP contribution in [0.2, 0.25) is 0 Å². The number of hydrogen-bond donors (Lipinski definition) is 4. The Kier molecular flexibility index (Phi) is 4.94. The Morgan fingerprint density at radius 3 is 2.19 bits per heavy atom. The van der Waals surface area contributed by atoms with Crippen LogP contribution in [0.3, 0.4) is 0 Å². The number of aliphatic hydroxyl groups is 3. The van der Waals surface area contributed by atoms with Gasteiger partial charge in [-0.2, -0.15) is 0 Å². The van der Waals surface area contributed by atoms with E-state index in [1.165, 1.54) is 0 Å². The maximum absolute atomic E-state index is 10.2. The van der Waals surface area contributed by atoms with Crippen LogP contribution >= 0.6 is 0 Å². The van der Waals surface area contributed by atoms with Gasteiger partial charge in [0, 0.05) is 12.0 Å². The lowest BCUT2D eigenvalue weighted by molar-refractivity contribution is -0.301. The molecule has 2 aliphatic heterocycles. The van der Waals surface area contributed by atoms with Crippen molar-refractivity contribution >= 4 is 0 Å². The topological polar surface area (TPSA) is 114 Å². The van der Waals surface area contributed by atoms with Crippen LogP contribution in [0.1, 0.15) is 34.1 Å². The molecule has 7 nitrogen and oxygen atoms in total. The van der Waals surface area contributed by atoms with E-state index in [0.29, 0.717) is 6.42 Å². The molecule has 2 fully saturated rings.